The number of unbranched alkanes of at least 4 members (excludes halogenated alkanes) is 1. The summed E-state index contributed by atoms with van der Waals surface area (Å²) in [5.74, 6) is 1.98. The number of benzene rings is 7. The van der Waals surface area contributed by atoms with Crippen LogP contribution < -0.4 is 35.2 Å². The van der Waals surface area contributed by atoms with Crippen LogP contribution in [0.4, 0.5) is 11.4 Å². The lowest BCUT2D eigenvalue weighted by Crippen LogP contribution is -2.44. The number of para-hydroxylation sites is 1. The molecule has 7 aromatic rings. The van der Waals surface area contributed by atoms with Crippen LogP contribution in [0.15, 0.2) is 181 Å². The number of hydrogen-bond acceptors (Lipinski definition) is 6. The standard InChI is InChI=1S/C57H58N4O3P/c1-5-59(6-2)44-34-36-51-54(40-44)64-55-41-45(60(7-3)8-4)35-37-52(55)57(51)50-32-20-19-31-49(50)56(62)61(57)58-42-43-24-18-21-33-53(43)63-38-22-23-39-65(46-25-12-9-13-26-46,47-27-14-10-15-28-47)48-29-16-11-17-30-48/h9-21,24-37,40-42H,5-8,22-23,38-39H2,1-4H3/q+1/b58-42+. The minimum Gasteiger partial charge on any atom is -0.493 e. The topological polar surface area (TPSA) is 57.6 Å². The molecule has 2 aliphatic rings. The van der Waals surface area contributed by atoms with E-state index in [1.165, 1.54) is 15.9 Å². The van der Waals surface area contributed by atoms with Crippen molar-refractivity contribution in [3.63, 3.8) is 0 Å². The molecule has 0 N–H and O–H groups in total. The van der Waals surface area contributed by atoms with Gasteiger partial charge in [0.1, 0.15) is 46.0 Å². The van der Waals surface area contributed by atoms with Crippen molar-refractivity contribution < 1.29 is 14.3 Å². The van der Waals surface area contributed by atoms with Crippen molar-refractivity contribution in [3.05, 3.63) is 204 Å². The molecule has 0 atom stereocenters. The molecule has 0 fully saturated rings. The van der Waals surface area contributed by atoms with Crippen molar-refractivity contribution in [1.82, 2.24) is 5.01 Å². The van der Waals surface area contributed by atoms with Gasteiger partial charge in [-0.1, -0.05) is 97.1 Å². The third-order valence-corrected chi connectivity index (χ3v) is 17.7. The van der Waals surface area contributed by atoms with Crippen molar-refractivity contribution in [2.24, 2.45) is 5.10 Å². The highest BCUT2D eigenvalue weighted by Crippen LogP contribution is 2.59. The number of hydrazone groups is 1. The van der Waals surface area contributed by atoms with Gasteiger partial charge in [0.05, 0.1) is 19.0 Å². The van der Waals surface area contributed by atoms with Crippen LogP contribution in [0.5, 0.6) is 17.2 Å². The molecule has 1 spiro atoms. The minimum absolute atomic E-state index is 0.170. The van der Waals surface area contributed by atoms with Gasteiger partial charge in [-0.2, -0.15) is 5.10 Å². The van der Waals surface area contributed by atoms with Gasteiger partial charge < -0.3 is 19.3 Å². The lowest BCUT2D eigenvalue weighted by molar-refractivity contribution is 0.0675. The second-order valence-electron chi connectivity index (χ2n) is 16.6. The number of nitrogens with zero attached hydrogens (tertiary/aromatic N) is 4. The van der Waals surface area contributed by atoms with Crippen molar-refractivity contribution in [1.29, 1.82) is 0 Å². The Labute approximate surface area is 385 Å². The summed E-state index contributed by atoms with van der Waals surface area (Å²) in [5.41, 5.74) is 5.09. The minimum atomic E-state index is -1.94. The van der Waals surface area contributed by atoms with E-state index in [-0.39, 0.29) is 5.91 Å². The largest absolute Gasteiger partial charge is 0.493 e. The van der Waals surface area contributed by atoms with Gasteiger partial charge in [0.15, 0.2) is 0 Å². The number of carbonyl (C=O) groups excluding carboxylic acids is 1. The first-order valence-electron chi connectivity index (χ1n) is 23.2. The average Bonchev–Trinajstić information content (AvgIpc) is 3.60. The first-order valence-corrected chi connectivity index (χ1v) is 25.2. The fourth-order valence-electron chi connectivity index (χ4n) is 10.00. The molecular formula is C57H58N4O3P+. The van der Waals surface area contributed by atoms with Crippen LogP contribution in [-0.4, -0.2) is 56.1 Å². The SMILES string of the molecule is CCN(CC)c1ccc2c(c1)Oc1cc(N(CC)CC)ccc1C21c2ccccc2C(=O)N1/N=C/c1ccccc1OCCCC[P+](c1ccccc1)(c1ccccc1)c1ccccc1. The summed E-state index contributed by atoms with van der Waals surface area (Å²) < 4.78 is 13.5. The molecule has 9 rings (SSSR count). The van der Waals surface area contributed by atoms with E-state index in [9.17, 15) is 4.79 Å². The first-order chi connectivity index (χ1) is 32.0. The highest BCUT2D eigenvalue weighted by molar-refractivity contribution is 7.95. The molecule has 0 unspecified atom stereocenters. The van der Waals surface area contributed by atoms with E-state index in [1.807, 2.05) is 42.5 Å². The van der Waals surface area contributed by atoms with Gasteiger partial charge in [0.25, 0.3) is 5.91 Å². The predicted molar refractivity (Wildman–Crippen MR) is 271 cm³/mol. The Hall–Kier alpha value is -6.69. The highest BCUT2D eigenvalue weighted by atomic mass is 31.2. The van der Waals surface area contributed by atoms with Gasteiger partial charge in [0.2, 0.25) is 0 Å². The number of rotatable bonds is 17. The van der Waals surface area contributed by atoms with Gasteiger partial charge in [-0.05, 0) is 107 Å². The molecule has 0 bridgehead atoms. The molecule has 0 saturated carbocycles. The van der Waals surface area contributed by atoms with Crippen LogP contribution in [-0.2, 0) is 5.54 Å². The third-order valence-electron chi connectivity index (χ3n) is 13.2. The Morgan fingerprint density at radius 1 is 0.585 bits per heavy atom. The first kappa shape index (κ1) is 43.6. The molecular weight excluding hydrogens is 820 g/mol. The molecule has 7 aromatic carbocycles. The van der Waals surface area contributed by atoms with E-state index in [2.05, 4.69) is 171 Å². The van der Waals surface area contributed by atoms with E-state index >= 15 is 0 Å². The monoisotopic (exact) mass is 877 g/mol. The number of carbonyl (C=O) groups is 1. The number of amides is 1. The van der Waals surface area contributed by atoms with Crippen LogP contribution in [0.25, 0.3) is 0 Å². The summed E-state index contributed by atoms with van der Waals surface area (Å²) in [7, 11) is -1.94. The number of hydrogen-bond donors (Lipinski definition) is 0. The maximum absolute atomic E-state index is 14.9. The molecule has 65 heavy (non-hydrogen) atoms. The zero-order valence-electron chi connectivity index (χ0n) is 37.9. The zero-order valence-corrected chi connectivity index (χ0v) is 38.8. The van der Waals surface area contributed by atoms with Gasteiger partial charge in [-0.25, -0.2) is 5.01 Å². The lowest BCUT2D eigenvalue weighted by Gasteiger charge is -2.42. The Balaban J connectivity index is 1.04. The Morgan fingerprint density at radius 3 is 1.62 bits per heavy atom. The third kappa shape index (κ3) is 7.86. The zero-order chi connectivity index (χ0) is 44.8. The van der Waals surface area contributed by atoms with Crippen LogP contribution in [0.1, 0.15) is 73.1 Å². The summed E-state index contributed by atoms with van der Waals surface area (Å²) >= 11 is 0. The number of ether oxygens (including phenoxy) is 2. The molecule has 2 heterocycles. The highest BCUT2D eigenvalue weighted by Gasteiger charge is 2.57. The van der Waals surface area contributed by atoms with Crippen LogP contribution >= 0.6 is 7.26 Å². The van der Waals surface area contributed by atoms with Crippen LogP contribution in [0.3, 0.4) is 0 Å². The van der Waals surface area contributed by atoms with Crippen molar-refractivity contribution in [3.8, 4) is 17.2 Å². The average molecular weight is 878 g/mol. The second-order valence-corrected chi connectivity index (χ2v) is 20.2. The van der Waals surface area contributed by atoms with Gasteiger partial charge in [-0.15, -0.1) is 0 Å². The van der Waals surface area contributed by atoms with Gasteiger partial charge in [0, 0.05) is 77.5 Å². The van der Waals surface area contributed by atoms with E-state index in [0.29, 0.717) is 23.7 Å². The molecule has 7 nitrogen and oxygen atoms in total. The molecule has 1 amide bonds. The smallest absolute Gasteiger partial charge is 0.275 e. The van der Waals surface area contributed by atoms with E-state index in [4.69, 9.17) is 14.6 Å². The predicted octanol–water partition coefficient (Wildman–Crippen LogP) is 11.4. The fraction of sp³-hybridized carbons (Fsp3) is 0.228. The summed E-state index contributed by atoms with van der Waals surface area (Å²) in [4.78, 5) is 19.5. The molecule has 2 aliphatic heterocycles. The maximum atomic E-state index is 14.9. The second kappa shape index (κ2) is 19.2. The van der Waals surface area contributed by atoms with Crippen molar-refractivity contribution >= 4 is 46.7 Å². The van der Waals surface area contributed by atoms with E-state index < -0.39 is 12.8 Å². The Bertz CT molecular complexity index is 2610. The molecule has 0 radical (unpaired) electrons. The Morgan fingerprint density at radius 2 is 1.08 bits per heavy atom. The molecule has 8 heteroatoms. The number of fused-ring (bicyclic) bond motifs is 6. The lowest BCUT2D eigenvalue weighted by atomic mass is 9.75. The van der Waals surface area contributed by atoms with Crippen molar-refractivity contribution in [2.75, 3.05) is 48.7 Å². The molecule has 0 saturated heterocycles. The summed E-state index contributed by atoms with van der Waals surface area (Å²) in [5, 5.41) is 11.0. The van der Waals surface area contributed by atoms with Gasteiger partial charge in [-0.3, -0.25) is 4.79 Å². The fourth-order valence-corrected chi connectivity index (χ4v) is 14.4. The summed E-state index contributed by atoms with van der Waals surface area (Å²) in [6, 6.07) is 61.9. The number of anilines is 2. The van der Waals surface area contributed by atoms with Gasteiger partial charge >= 0.3 is 0 Å². The quantitative estimate of drug-likeness (QED) is 0.0518. The summed E-state index contributed by atoms with van der Waals surface area (Å²) in [6.07, 6.45) is 4.68. The van der Waals surface area contributed by atoms with E-state index in [0.717, 1.165) is 84.6 Å². The summed E-state index contributed by atoms with van der Waals surface area (Å²) in [6.45, 7) is 12.6. The maximum Gasteiger partial charge on any atom is 0.275 e. The molecule has 0 aliphatic carbocycles. The Kier molecular flexibility index (Phi) is 12.9. The molecule has 0 aromatic heterocycles. The van der Waals surface area contributed by atoms with Crippen molar-refractivity contribution in [2.45, 2.75) is 46.1 Å². The normalized spacial score (nSPS) is 13.6. The van der Waals surface area contributed by atoms with E-state index in [1.54, 1.807) is 11.2 Å². The molecule has 328 valence electrons. The van der Waals surface area contributed by atoms with Crippen LogP contribution in [0.2, 0.25) is 0 Å². The van der Waals surface area contributed by atoms with Crippen LogP contribution in [0, 0.1) is 0 Å².